The molecular weight excluding hydrogens is 164 g/mol. The molecule has 0 unspecified atom stereocenters. The highest BCUT2D eigenvalue weighted by Crippen LogP contribution is 2.21. The molecule has 2 heteroatoms. The Hall–Kier alpha value is -1.31. The highest BCUT2D eigenvalue weighted by Gasteiger charge is 2.23. The molecule has 0 amide bonds. The van der Waals surface area contributed by atoms with Crippen LogP contribution in [0.3, 0.4) is 0 Å². The van der Waals surface area contributed by atoms with Crippen molar-refractivity contribution < 1.29 is 9.53 Å². The first-order valence-corrected chi connectivity index (χ1v) is 4.09. The van der Waals surface area contributed by atoms with E-state index in [1.807, 2.05) is 13.8 Å². The summed E-state index contributed by atoms with van der Waals surface area (Å²) in [6.45, 7) is 12.2. The van der Waals surface area contributed by atoms with Crippen LogP contribution in [-0.4, -0.2) is 11.6 Å². The summed E-state index contributed by atoms with van der Waals surface area (Å²) in [6, 6.07) is 0. The quantitative estimate of drug-likeness (QED) is 0.491. The van der Waals surface area contributed by atoms with Crippen molar-refractivity contribution in [2.45, 2.75) is 26.4 Å². The van der Waals surface area contributed by atoms with E-state index in [9.17, 15) is 4.79 Å². The van der Waals surface area contributed by atoms with Gasteiger partial charge in [0.15, 0.2) is 0 Å². The molecule has 0 aliphatic heterocycles. The SMILES string of the molecule is C=C/C=C(\C=C)C(C)(C)OC(C)=O. The molecule has 0 saturated heterocycles. The van der Waals surface area contributed by atoms with Gasteiger partial charge in [-0.1, -0.05) is 31.4 Å². The average Bonchev–Trinajstić information content (AvgIpc) is 1.97. The van der Waals surface area contributed by atoms with Crippen LogP contribution in [0.25, 0.3) is 0 Å². The second kappa shape index (κ2) is 4.65. The highest BCUT2D eigenvalue weighted by molar-refractivity contribution is 5.67. The van der Waals surface area contributed by atoms with E-state index < -0.39 is 5.60 Å². The van der Waals surface area contributed by atoms with Crippen molar-refractivity contribution in [1.82, 2.24) is 0 Å². The molecule has 0 aromatic rings. The van der Waals surface area contributed by atoms with Gasteiger partial charge in [-0.25, -0.2) is 0 Å². The van der Waals surface area contributed by atoms with Gasteiger partial charge in [0, 0.05) is 6.92 Å². The van der Waals surface area contributed by atoms with Gasteiger partial charge in [0.25, 0.3) is 0 Å². The second-order valence-electron chi connectivity index (χ2n) is 3.17. The highest BCUT2D eigenvalue weighted by atomic mass is 16.6. The molecule has 0 aromatic heterocycles. The van der Waals surface area contributed by atoms with Crippen molar-refractivity contribution in [3.8, 4) is 0 Å². The lowest BCUT2D eigenvalue weighted by Crippen LogP contribution is -2.28. The van der Waals surface area contributed by atoms with Gasteiger partial charge in [-0.05, 0) is 19.4 Å². The zero-order valence-electron chi connectivity index (χ0n) is 8.46. The zero-order valence-corrected chi connectivity index (χ0v) is 8.46. The first-order valence-electron chi connectivity index (χ1n) is 4.09. The topological polar surface area (TPSA) is 26.3 Å². The van der Waals surface area contributed by atoms with E-state index in [0.717, 1.165) is 5.57 Å². The molecule has 0 fully saturated rings. The summed E-state index contributed by atoms with van der Waals surface area (Å²) in [6.07, 6.45) is 5.07. The Balaban J connectivity index is 4.76. The Morgan fingerprint density at radius 2 is 1.92 bits per heavy atom. The number of hydrogen-bond acceptors (Lipinski definition) is 2. The van der Waals surface area contributed by atoms with Gasteiger partial charge in [-0.3, -0.25) is 4.79 Å². The van der Waals surface area contributed by atoms with Crippen molar-refractivity contribution in [2.24, 2.45) is 0 Å². The van der Waals surface area contributed by atoms with E-state index >= 15 is 0 Å². The molecule has 2 nitrogen and oxygen atoms in total. The summed E-state index contributed by atoms with van der Waals surface area (Å²) in [7, 11) is 0. The number of esters is 1. The molecule has 72 valence electrons. The fraction of sp³-hybridized carbons (Fsp3) is 0.364. The number of carbonyl (C=O) groups is 1. The van der Waals surface area contributed by atoms with Gasteiger partial charge in [-0.2, -0.15) is 0 Å². The third kappa shape index (κ3) is 3.74. The third-order valence-corrected chi connectivity index (χ3v) is 1.61. The number of rotatable bonds is 4. The standard InChI is InChI=1S/C11H16O2/c1-6-8-10(7-2)11(4,5)13-9(3)12/h6-8H,1-2H2,3-5H3/b10-8+. The number of hydrogen-bond donors (Lipinski definition) is 0. The molecule has 0 rings (SSSR count). The van der Waals surface area contributed by atoms with Crippen LogP contribution in [0.1, 0.15) is 20.8 Å². The third-order valence-electron chi connectivity index (χ3n) is 1.61. The van der Waals surface area contributed by atoms with Crippen LogP contribution in [0.2, 0.25) is 0 Å². The summed E-state index contributed by atoms with van der Waals surface area (Å²) in [5.41, 5.74) is 0.194. The maximum absolute atomic E-state index is 10.8. The zero-order chi connectivity index (χ0) is 10.5. The van der Waals surface area contributed by atoms with Crippen LogP contribution in [0.5, 0.6) is 0 Å². The Kier molecular flexibility index (Phi) is 4.18. The predicted octanol–water partition coefficient (Wildman–Crippen LogP) is 2.63. The summed E-state index contributed by atoms with van der Waals surface area (Å²) in [5, 5.41) is 0. The first-order chi connectivity index (χ1) is 5.94. The maximum Gasteiger partial charge on any atom is 0.303 e. The monoisotopic (exact) mass is 180 g/mol. The van der Waals surface area contributed by atoms with E-state index in [0.29, 0.717) is 0 Å². The summed E-state index contributed by atoms with van der Waals surface area (Å²) in [5.74, 6) is -0.304. The van der Waals surface area contributed by atoms with Crippen molar-refractivity contribution in [3.63, 3.8) is 0 Å². The van der Waals surface area contributed by atoms with E-state index in [4.69, 9.17) is 4.74 Å². The lowest BCUT2D eigenvalue weighted by Gasteiger charge is -2.25. The van der Waals surface area contributed by atoms with Crippen molar-refractivity contribution in [2.75, 3.05) is 0 Å². The molecule has 0 aliphatic carbocycles. The van der Waals surface area contributed by atoms with Crippen LogP contribution >= 0.6 is 0 Å². The Labute approximate surface area is 79.6 Å². The van der Waals surface area contributed by atoms with Crippen molar-refractivity contribution >= 4 is 5.97 Å². The fourth-order valence-corrected chi connectivity index (χ4v) is 1.06. The number of carbonyl (C=O) groups excluding carboxylic acids is 1. The number of ether oxygens (including phenoxy) is 1. The van der Waals surface area contributed by atoms with Crippen LogP contribution in [0.15, 0.2) is 37.0 Å². The molecule has 0 atom stereocenters. The van der Waals surface area contributed by atoms with E-state index in [-0.39, 0.29) is 5.97 Å². The van der Waals surface area contributed by atoms with E-state index in [1.165, 1.54) is 6.92 Å². The number of allylic oxidation sites excluding steroid dienone is 2. The van der Waals surface area contributed by atoms with E-state index in [2.05, 4.69) is 13.2 Å². The van der Waals surface area contributed by atoms with Crippen molar-refractivity contribution in [3.05, 3.63) is 37.0 Å². The molecular formula is C11H16O2. The summed E-state index contributed by atoms with van der Waals surface area (Å²) in [4.78, 5) is 10.8. The Bertz CT molecular complexity index is 247. The molecule has 0 bridgehead atoms. The van der Waals surface area contributed by atoms with Crippen molar-refractivity contribution in [1.29, 1.82) is 0 Å². The molecule has 0 saturated carbocycles. The maximum atomic E-state index is 10.8. The van der Waals surface area contributed by atoms with Gasteiger partial charge >= 0.3 is 5.97 Å². The van der Waals surface area contributed by atoms with Crippen LogP contribution in [0.4, 0.5) is 0 Å². The lowest BCUT2D eigenvalue weighted by atomic mass is 9.97. The van der Waals surface area contributed by atoms with Gasteiger partial charge in [0.2, 0.25) is 0 Å². The van der Waals surface area contributed by atoms with Gasteiger partial charge < -0.3 is 4.74 Å². The average molecular weight is 180 g/mol. The van der Waals surface area contributed by atoms with Crippen LogP contribution < -0.4 is 0 Å². The Morgan fingerprint density at radius 3 is 2.23 bits per heavy atom. The minimum atomic E-state index is -0.637. The second-order valence-corrected chi connectivity index (χ2v) is 3.17. The predicted molar refractivity (Wildman–Crippen MR) is 54.3 cm³/mol. The minimum absolute atomic E-state index is 0.304. The fourth-order valence-electron chi connectivity index (χ4n) is 1.06. The minimum Gasteiger partial charge on any atom is -0.455 e. The molecule has 0 aliphatic rings. The molecule has 0 aromatic carbocycles. The molecule has 0 spiro atoms. The van der Waals surface area contributed by atoms with Gasteiger partial charge in [0.05, 0.1) is 0 Å². The van der Waals surface area contributed by atoms with E-state index in [1.54, 1.807) is 18.2 Å². The van der Waals surface area contributed by atoms with Crippen LogP contribution in [-0.2, 0) is 9.53 Å². The molecule has 13 heavy (non-hydrogen) atoms. The lowest BCUT2D eigenvalue weighted by molar-refractivity contribution is -0.150. The molecule has 0 radical (unpaired) electrons. The Morgan fingerprint density at radius 1 is 1.38 bits per heavy atom. The smallest absolute Gasteiger partial charge is 0.303 e. The summed E-state index contributed by atoms with van der Waals surface area (Å²) >= 11 is 0. The first kappa shape index (κ1) is 11.7. The molecule has 0 heterocycles. The van der Waals surface area contributed by atoms with Crippen LogP contribution in [0, 0.1) is 0 Å². The van der Waals surface area contributed by atoms with Gasteiger partial charge in [0.1, 0.15) is 5.60 Å². The summed E-state index contributed by atoms with van der Waals surface area (Å²) < 4.78 is 5.12. The molecule has 0 N–H and O–H groups in total. The van der Waals surface area contributed by atoms with Gasteiger partial charge in [-0.15, -0.1) is 0 Å². The largest absolute Gasteiger partial charge is 0.455 e. The normalized spacial score (nSPS) is 12.1.